The SMILES string of the molecule is Cc1nc2c([nH]1)c(=O)n(C)c(=O)n2C.O=C(O)C(O)C(O)C(=O)O. The van der Waals surface area contributed by atoms with Crippen molar-refractivity contribution in [3.05, 3.63) is 26.7 Å². The second kappa shape index (κ2) is 7.06. The zero-order valence-electron chi connectivity index (χ0n) is 12.9. The maximum absolute atomic E-state index is 11.6. The largest absolute Gasteiger partial charge is 0.479 e. The first-order chi connectivity index (χ1) is 11.0. The summed E-state index contributed by atoms with van der Waals surface area (Å²) in [6, 6.07) is 0. The highest BCUT2D eigenvalue weighted by Gasteiger charge is 2.29. The normalized spacial score (nSPS) is 13.0. The monoisotopic (exact) mass is 344 g/mol. The first-order valence-electron chi connectivity index (χ1n) is 6.43. The van der Waals surface area contributed by atoms with E-state index in [0.717, 1.165) is 4.57 Å². The number of aromatic nitrogens is 4. The number of aliphatic carboxylic acids is 2. The molecule has 0 bridgehead atoms. The number of hydrogen-bond acceptors (Lipinski definition) is 7. The molecular weight excluding hydrogens is 328 g/mol. The average molecular weight is 344 g/mol. The van der Waals surface area contributed by atoms with E-state index in [1.54, 1.807) is 14.0 Å². The molecule has 0 aliphatic rings. The molecule has 5 N–H and O–H groups in total. The van der Waals surface area contributed by atoms with Crippen LogP contribution in [-0.4, -0.2) is 63.7 Å². The van der Waals surface area contributed by atoms with Crippen LogP contribution in [0.25, 0.3) is 11.2 Å². The van der Waals surface area contributed by atoms with Crippen molar-refractivity contribution in [3.63, 3.8) is 0 Å². The van der Waals surface area contributed by atoms with Crippen molar-refractivity contribution >= 4 is 23.1 Å². The Labute approximate surface area is 133 Å². The number of carboxylic acid groups (broad SMARTS) is 2. The average Bonchev–Trinajstić information content (AvgIpc) is 2.91. The summed E-state index contributed by atoms with van der Waals surface area (Å²) >= 11 is 0. The predicted molar refractivity (Wildman–Crippen MR) is 78.6 cm³/mol. The Morgan fingerprint density at radius 1 is 1.04 bits per heavy atom. The topological polar surface area (TPSA) is 188 Å². The van der Waals surface area contributed by atoms with Crippen LogP contribution in [0, 0.1) is 6.92 Å². The molecule has 12 nitrogen and oxygen atoms in total. The lowest BCUT2D eigenvalue weighted by Crippen LogP contribution is -2.39. The summed E-state index contributed by atoms with van der Waals surface area (Å²) in [5.74, 6) is -2.91. The van der Waals surface area contributed by atoms with E-state index in [0.29, 0.717) is 17.0 Å². The van der Waals surface area contributed by atoms with Crippen LogP contribution in [0.1, 0.15) is 5.82 Å². The molecule has 132 valence electrons. The lowest BCUT2D eigenvalue weighted by atomic mass is 10.2. The number of aliphatic hydroxyl groups excluding tert-OH is 2. The minimum Gasteiger partial charge on any atom is -0.479 e. The van der Waals surface area contributed by atoms with Crippen molar-refractivity contribution in [1.82, 2.24) is 19.1 Å². The Bertz CT molecular complexity index is 875. The van der Waals surface area contributed by atoms with Crippen LogP contribution >= 0.6 is 0 Å². The van der Waals surface area contributed by atoms with Gasteiger partial charge in [0.2, 0.25) is 0 Å². The number of H-pyrrole nitrogens is 1. The van der Waals surface area contributed by atoms with Crippen LogP contribution in [0.2, 0.25) is 0 Å². The fourth-order valence-corrected chi connectivity index (χ4v) is 1.71. The lowest BCUT2D eigenvalue weighted by molar-refractivity contribution is -0.165. The Kier molecular flexibility index (Phi) is 5.60. The molecule has 0 amide bonds. The van der Waals surface area contributed by atoms with Gasteiger partial charge in [-0.2, -0.15) is 0 Å². The number of imidazole rings is 1. The van der Waals surface area contributed by atoms with Gasteiger partial charge in [0.15, 0.2) is 17.9 Å². The van der Waals surface area contributed by atoms with E-state index < -0.39 is 24.1 Å². The quantitative estimate of drug-likeness (QED) is 0.390. The van der Waals surface area contributed by atoms with Crippen molar-refractivity contribution in [2.24, 2.45) is 14.1 Å². The standard InChI is InChI=1S/C8H10N4O2.C4H6O6/c1-4-9-5-6(10-4)11(2)8(14)12(3)7(5)13;5-1(3(7)8)2(6)4(9)10/h1-3H3,(H,9,10);1-2,5-6H,(H,7,8)(H,9,10). The summed E-state index contributed by atoms with van der Waals surface area (Å²) in [4.78, 5) is 49.5. The van der Waals surface area contributed by atoms with Crippen molar-refractivity contribution in [2.45, 2.75) is 19.1 Å². The van der Waals surface area contributed by atoms with Crippen LogP contribution in [0.5, 0.6) is 0 Å². The van der Waals surface area contributed by atoms with Crippen LogP contribution in [-0.2, 0) is 23.7 Å². The molecule has 0 saturated carbocycles. The summed E-state index contributed by atoms with van der Waals surface area (Å²) in [5, 5.41) is 32.5. The maximum atomic E-state index is 11.6. The zero-order chi connectivity index (χ0) is 18.8. The number of nitrogens with zero attached hydrogens (tertiary/aromatic N) is 3. The summed E-state index contributed by atoms with van der Waals surface area (Å²) in [5.41, 5.74) is 0.0559. The van der Waals surface area contributed by atoms with Gasteiger partial charge in [-0.3, -0.25) is 13.9 Å². The lowest BCUT2D eigenvalue weighted by Gasteiger charge is -2.07. The molecule has 0 aromatic carbocycles. The van der Waals surface area contributed by atoms with Crippen LogP contribution < -0.4 is 11.2 Å². The molecule has 0 aliphatic heterocycles. The summed E-state index contributed by atoms with van der Waals surface area (Å²) in [6.45, 7) is 1.74. The van der Waals surface area contributed by atoms with Crippen molar-refractivity contribution in [2.75, 3.05) is 0 Å². The molecule has 0 fully saturated rings. The highest BCUT2D eigenvalue weighted by Crippen LogP contribution is 2.02. The van der Waals surface area contributed by atoms with Gasteiger partial charge in [-0.05, 0) is 6.92 Å². The smallest absolute Gasteiger partial charge is 0.335 e. The molecule has 2 heterocycles. The van der Waals surface area contributed by atoms with Crippen molar-refractivity contribution in [3.8, 4) is 0 Å². The number of aryl methyl sites for hydroxylation is 2. The number of hydrogen-bond donors (Lipinski definition) is 5. The third-order valence-corrected chi connectivity index (χ3v) is 3.02. The van der Waals surface area contributed by atoms with E-state index in [-0.39, 0.29) is 11.2 Å². The number of aromatic amines is 1. The zero-order valence-corrected chi connectivity index (χ0v) is 12.9. The molecule has 12 heteroatoms. The molecule has 2 atom stereocenters. The van der Waals surface area contributed by atoms with Gasteiger partial charge >= 0.3 is 17.6 Å². The van der Waals surface area contributed by atoms with E-state index >= 15 is 0 Å². The molecule has 0 radical (unpaired) electrons. The molecule has 2 unspecified atom stereocenters. The third-order valence-electron chi connectivity index (χ3n) is 3.02. The molecular formula is C12H16N4O8. The van der Waals surface area contributed by atoms with E-state index in [1.807, 2.05) is 0 Å². The van der Waals surface area contributed by atoms with Crippen LogP contribution in [0.4, 0.5) is 0 Å². The van der Waals surface area contributed by atoms with Gasteiger partial charge in [0.05, 0.1) is 0 Å². The summed E-state index contributed by atoms with van der Waals surface area (Å²) in [6.07, 6.45) is -4.53. The van der Waals surface area contributed by atoms with Gasteiger partial charge in [-0.25, -0.2) is 19.4 Å². The van der Waals surface area contributed by atoms with Gasteiger partial charge in [0, 0.05) is 14.1 Å². The van der Waals surface area contributed by atoms with Gasteiger partial charge in [0.1, 0.15) is 11.3 Å². The van der Waals surface area contributed by atoms with E-state index in [2.05, 4.69) is 9.97 Å². The number of nitrogens with one attached hydrogen (secondary N) is 1. The highest BCUT2D eigenvalue weighted by molar-refractivity contribution is 5.83. The van der Waals surface area contributed by atoms with Gasteiger partial charge in [-0.1, -0.05) is 0 Å². The molecule has 2 aromatic heterocycles. The Morgan fingerprint density at radius 3 is 1.92 bits per heavy atom. The fourth-order valence-electron chi connectivity index (χ4n) is 1.71. The summed E-state index contributed by atoms with van der Waals surface area (Å²) < 4.78 is 2.40. The number of fused-ring (bicyclic) bond motifs is 1. The van der Waals surface area contributed by atoms with E-state index in [9.17, 15) is 19.2 Å². The molecule has 2 rings (SSSR count). The number of carboxylic acids is 2. The molecule has 0 spiro atoms. The van der Waals surface area contributed by atoms with E-state index in [1.165, 1.54) is 11.6 Å². The van der Waals surface area contributed by atoms with Crippen LogP contribution in [0.3, 0.4) is 0 Å². The van der Waals surface area contributed by atoms with Crippen LogP contribution in [0.15, 0.2) is 9.59 Å². The Morgan fingerprint density at radius 2 is 1.50 bits per heavy atom. The second-order valence-electron chi connectivity index (χ2n) is 4.79. The third kappa shape index (κ3) is 3.67. The number of carbonyl (C=O) groups is 2. The van der Waals surface area contributed by atoms with Gasteiger partial charge in [-0.15, -0.1) is 0 Å². The molecule has 0 aliphatic carbocycles. The van der Waals surface area contributed by atoms with Gasteiger partial charge < -0.3 is 25.4 Å². The minimum absolute atomic E-state index is 0.344. The fraction of sp³-hybridized carbons (Fsp3) is 0.417. The van der Waals surface area contributed by atoms with Crippen molar-refractivity contribution in [1.29, 1.82) is 0 Å². The highest BCUT2D eigenvalue weighted by atomic mass is 16.4. The summed E-state index contributed by atoms with van der Waals surface area (Å²) in [7, 11) is 3.03. The molecule has 2 aromatic rings. The first-order valence-corrected chi connectivity index (χ1v) is 6.43. The predicted octanol–water partition coefficient (Wildman–Crippen LogP) is -2.85. The van der Waals surface area contributed by atoms with E-state index in [4.69, 9.17) is 20.4 Å². The molecule has 0 saturated heterocycles. The minimum atomic E-state index is -2.27. The first kappa shape index (κ1) is 19.1. The van der Waals surface area contributed by atoms with Crippen molar-refractivity contribution < 1.29 is 30.0 Å². The second-order valence-corrected chi connectivity index (χ2v) is 4.79. The molecule has 24 heavy (non-hydrogen) atoms. The number of aliphatic hydroxyl groups is 2. The number of rotatable bonds is 3. The Hall–Kier alpha value is -2.99. The maximum Gasteiger partial charge on any atom is 0.335 e. The van der Waals surface area contributed by atoms with Gasteiger partial charge in [0.25, 0.3) is 5.56 Å². The Balaban J connectivity index is 0.000000257.